The number of aliphatic imine (C=N–C) groups is 1. The molecule has 1 aromatic rings. The summed E-state index contributed by atoms with van der Waals surface area (Å²) in [4.78, 5) is 4.29. The van der Waals surface area contributed by atoms with Gasteiger partial charge in [0.05, 0.1) is 0 Å². The predicted octanol–water partition coefficient (Wildman–Crippen LogP) is 3.43. The highest BCUT2D eigenvalue weighted by Crippen LogP contribution is 2.38. The molecule has 0 saturated carbocycles. The maximum absolute atomic E-state index is 5.85. The molecule has 0 fully saturated rings. The first kappa shape index (κ1) is 14.9. The molecular formula is C16H21N3S2. The SMILES string of the molecule is CCSC(N)=NC(=S)Nc1c2c(cc3c1CCC3)CCC2. The van der Waals surface area contributed by atoms with Crippen LogP contribution < -0.4 is 11.1 Å². The molecule has 3 rings (SSSR count). The molecule has 0 aromatic heterocycles. The van der Waals surface area contributed by atoms with Crippen molar-refractivity contribution in [2.24, 2.45) is 10.7 Å². The molecule has 0 aliphatic heterocycles. The summed E-state index contributed by atoms with van der Waals surface area (Å²) in [5, 5.41) is 4.41. The van der Waals surface area contributed by atoms with E-state index in [9.17, 15) is 0 Å². The Morgan fingerprint density at radius 3 is 2.43 bits per heavy atom. The zero-order chi connectivity index (χ0) is 14.8. The Hall–Kier alpha value is -1.07. The van der Waals surface area contributed by atoms with E-state index in [1.165, 1.54) is 65.4 Å². The molecular weight excluding hydrogens is 298 g/mol. The van der Waals surface area contributed by atoms with E-state index in [0.717, 1.165) is 18.6 Å². The largest absolute Gasteiger partial charge is 0.378 e. The van der Waals surface area contributed by atoms with Crippen LogP contribution in [-0.4, -0.2) is 16.0 Å². The quantitative estimate of drug-likeness (QED) is 0.498. The number of fused-ring (bicyclic) bond motifs is 2. The number of thioether (sulfide) groups is 1. The van der Waals surface area contributed by atoms with Crippen LogP contribution in [0.2, 0.25) is 0 Å². The predicted molar refractivity (Wildman–Crippen MR) is 96.5 cm³/mol. The van der Waals surface area contributed by atoms with Crippen LogP contribution in [0.5, 0.6) is 0 Å². The molecule has 21 heavy (non-hydrogen) atoms. The number of nitrogens with two attached hydrogens (primary N) is 1. The molecule has 0 spiro atoms. The number of amidine groups is 1. The first-order chi connectivity index (χ1) is 10.2. The standard InChI is InChI=1S/C16H21N3S2/c1-2-21-15(17)19-16(20)18-14-12-7-3-5-10(12)9-11-6-4-8-13(11)14/h9H,2-8H2,1H3,(H3,17,18,19,20). The van der Waals surface area contributed by atoms with E-state index in [2.05, 4.69) is 23.3 Å². The van der Waals surface area contributed by atoms with E-state index in [1.54, 1.807) is 0 Å². The first-order valence-electron chi connectivity index (χ1n) is 7.63. The number of anilines is 1. The van der Waals surface area contributed by atoms with Gasteiger partial charge in [-0.1, -0.05) is 24.8 Å². The number of hydrogen-bond donors (Lipinski definition) is 2. The van der Waals surface area contributed by atoms with E-state index in [4.69, 9.17) is 18.0 Å². The van der Waals surface area contributed by atoms with Gasteiger partial charge < -0.3 is 11.1 Å². The van der Waals surface area contributed by atoms with Gasteiger partial charge in [0.1, 0.15) is 0 Å². The summed E-state index contributed by atoms with van der Waals surface area (Å²) in [6.45, 7) is 2.06. The molecule has 3 nitrogen and oxygen atoms in total. The number of benzene rings is 1. The molecule has 112 valence electrons. The van der Waals surface area contributed by atoms with E-state index < -0.39 is 0 Å². The summed E-state index contributed by atoms with van der Waals surface area (Å²) in [6.07, 6.45) is 7.18. The molecule has 0 heterocycles. The number of aryl methyl sites for hydroxylation is 2. The Labute approximate surface area is 135 Å². The summed E-state index contributed by atoms with van der Waals surface area (Å²) in [6, 6.07) is 2.42. The highest BCUT2D eigenvalue weighted by atomic mass is 32.2. The summed E-state index contributed by atoms with van der Waals surface area (Å²) >= 11 is 6.90. The number of thiocarbonyl (C=S) groups is 1. The third kappa shape index (κ3) is 3.09. The van der Waals surface area contributed by atoms with Gasteiger partial charge >= 0.3 is 0 Å². The lowest BCUT2D eigenvalue weighted by molar-refractivity contribution is 0.898. The zero-order valence-electron chi connectivity index (χ0n) is 12.4. The van der Waals surface area contributed by atoms with E-state index in [-0.39, 0.29) is 0 Å². The fourth-order valence-corrected chi connectivity index (χ4v) is 4.09. The lowest BCUT2D eigenvalue weighted by atomic mass is 9.99. The van der Waals surface area contributed by atoms with Gasteiger partial charge in [0.25, 0.3) is 0 Å². The molecule has 0 amide bonds. The molecule has 0 unspecified atom stereocenters. The van der Waals surface area contributed by atoms with Crippen molar-refractivity contribution in [1.29, 1.82) is 0 Å². The van der Waals surface area contributed by atoms with Crippen LogP contribution in [-0.2, 0) is 25.7 Å². The second-order valence-electron chi connectivity index (χ2n) is 5.55. The van der Waals surface area contributed by atoms with Gasteiger partial charge in [-0.2, -0.15) is 4.99 Å². The van der Waals surface area contributed by atoms with Crippen LogP contribution >= 0.6 is 24.0 Å². The second kappa shape index (κ2) is 6.36. The van der Waals surface area contributed by atoms with Crippen LogP contribution in [0.25, 0.3) is 0 Å². The molecule has 5 heteroatoms. The van der Waals surface area contributed by atoms with Crippen molar-refractivity contribution in [2.45, 2.75) is 45.4 Å². The minimum absolute atomic E-state index is 0.489. The Kier molecular flexibility index (Phi) is 4.50. The van der Waals surface area contributed by atoms with Crippen molar-refractivity contribution in [3.05, 3.63) is 28.3 Å². The van der Waals surface area contributed by atoms with Gasteiger partial charge in [-0.15, -0.1) is 0 Å². The first-order valence-corrected chi connectivity index (χ1v) is 9.03. The number of nitrogens with zero attached hydrogens (tertiary/aromatic N) is 1. The Bertz CT molecular complexity index is 576. The third-order valence-electron chi connectivity index (χ3n) is 4.21. The van der Waals surface area contributed by atoms with E-state index in [0.29, 0.717) is 10.3 Å². The van der Waals surface area contributed by atoms with Crippen LogP contribution in [0.3, 0.4) is 0 Å². The van der Waals surface area contributed by atoms with Gasteiger partial charge in [0.15, 0.2) is 10.3 Å². The molecule has 3 N–H and O–H groups in total. The molecule has 0 saturated heterocycles. The number of nitrogens with one attached hydrogen (secondary N) is 1. The minimum Gasteiger partial charge on any atom is -0.378 e. The molecule has 0 bridgehead atoms. The topological polar surface area (TPSA) is 50.4 Å². The highest BCUT2D eigenvalue weighted by molar-refractivity contribution is 8.13. The van der Waals surface area contributed by atoms with Crippen molar-refractivity contribution >= 4 is 39.9 Å². The lowest BCUT2D eigenvalue weighted by Gasteiger charge is -2.16. The summed E-state index contributed by atoms with van der Waals surface area (Å²) in [7, 11) is 0. The maximum Gasteiger partial charge on any atom is 0.199 e. The van der Waals surface area contributed by atoms with Crippen LogP contribution in [0, 0.1) is 0 Å². The van der Waals surface area contributed by atoms with Crippen LogP contribution in [0.4, 0.5) is 5.69 Å². The molecule has 2 aliphatic rings. The Morgan fingerprint density at radius 1 is 1.24 bits per heavy atom. The van der Waals surface area contributed by atoms with Crippen LogP contribution in [0.15, 0.2) is 11.1 Å². The Balaban J connectivity index is 1.89. The summed E-state index contributed by atoms with van der Waals surface area (Å²) < 4.78 is 0. The third-order valence-corrected chi connectivity index (χ3v) is 5.08. The van der Waals surface area contributed by atoms with Crippen molar-refractivity contribution in [3.63, 3.8) is 0 Å². The fraction of sp³-hybridized carbons (Fsp3) is 0.500. The van der Waals surface area contributed by atoms with Crippen molar-refractivity contribution in [1.82, 2.24) is 0 Å². The number of hydrogen-bond acceptors (Lipinski definition) is 2. The van der Waals surface area contributed by atoms with Gasteiger partial charge in [0, 0.05) is 5.69 Å². The summed E-state index contributed by atoms with van der Waals surface area (Å²) in [5.74, 6) is 0.911. The maximum atomic E-state index is 5.85. The average Bonchev–Trinajstić information content (AvgIpc) is 3.06. The van der Waals surface area contributed by atoms with Gasteiger partial charge in [-0.3, -0.25) is 0 Å². The minimum atomic E-state index is 0.489. The zero-order valence-corrected chi connectivity index (χ0v) is 14.0. The highest BCUT2D eigenvalue weighted by Gasteiger charge is 2.24. The monoisotopic (exact) mass is 319 g/mol. The van der Waals surface area contributed by atoms with Crippen molar-refractivity contribution in [3.8, 4) is 0 Å². The molecule has 0 radical (unpaired) electrons. The average molecular weight is 319 g/mol. The smallest absolute Gasteiger partial charge is 0.199 e. The van der Waals surface area contributed by atoms with Gasteiger partial charge in [-0.05, 0) is 78.7 Å². The lowest BCUT2D eigenvalue weighted by Crippen LogP contribution is -2.16. The molecule has 0 atom stereocenters. The fourth-order valence-electron chi connectivity index (χ4n) is 3.38. The Morgan fingerprint density at radius 2 is 1.86 bits per heavy atom. The van der Waals surface area contributed by atoms with Crippen molar-refractivity contribution < 1.29 is 0 Å². The van der Waals surface area contributed by atoms with E-state index >= 15 is 0 Å². The van der Waals surface area contributed by atoms with E-state index in [1.807, 2.05) is 0 Å². The van der Waals surface area contributed by atoms with Crippen LogP contribution in [0.1, 0.15) is 42.0 Å². The molecule has 1 aromatic carbocycles. The van der Waals surface area contributed by atoms with Gasteiger partial charge in [-0.25, -0.2) is 0 Å². The van der Waals surface area contributed by atoms with Gasteiger partial charge in [0.2, 0.25) is 0 Å². The molecule has 2 aliphatic carbocycles. The van der Waals surface area contributed by atoms with Crippen molar-refractivity contribution in [2.75, 3.05) is 11.1 Å². The second-order valence-corrected chi connectivity index (χ2v) is 7.22. The normalized spacial score (nSPS) is 16.7. The summed E-state index contributed by atoms with van der Waals surface area (Å²) in [5.41, 5.74) is 13.0. The number of rotatable bonds is 2.